The quantitative estimate of drug-likeness (QED) is 0.159. The molecule has 0 aliphatic rings. The van der Waals surface area contributed by atoms with Crippen molar-refractivity contribution < 1.29 is 4.42 Å². The fourth-order valence-corrected chi connectivity index (χ4v) is 11.0. The first-order valence-electron chi connectivity index (χ1n) is 21.7. The zero-order valence-electron chi connectivity index (χ0n) is 34.7. The fourth-order valence-electron chi connectivity index (χ4n) is 9.91. The monoisotopic (exact) mass is 834 g/mol. The maximum Gasteiger partial charge on any atom is 0.145 e. The van der Waals surface area contributed by atoms with Gasteiger partial charge < -0.3 is 13.9 Å². The van der Waals surface area contributed by atoms with Gasteiger partial charge in [0, 0.05) is 64.2 Å². The van der Waals surface area contributed by atoms with Gasteiger partial charge >= 0.3 is 0 Å². The number of fused-ring (bicyclic) bond motifs is 9. The highest BCUT2D eigenvalue weighted by atomic mass is 32.1. The molecule has 0 saturated heterocycles. The van der Waals surface area contributed by atoms with Crippen LogP contribution in [0.3, 0.4) is 0 Å². The fraction of sp³-hybridized carbons (Fsp3) is 0. The molecule has 13 rings (SSSR count). The molecule has 300 valence electrons. The summed E-state index contributed by atoms with van der Waals surface area (Å²) in [7, 11) is 0. The second-order valence-electron chi connectivity index (χ2n) is 16.4. The number of hydrogen-bond acceptors (Lipinski definition) is 3. The molecule has 0 N–H and O–H groups in total. The molecule has 0 bridgehead atoms. The predicted molar refractivity (Wildman–Crippen MR) is 272 cm³/mol. The van der Waals surface area contributed by atoms with Crippen molar-refractivity contribution in [2.75, 3.05) is 4.90 Å². The van der Waals surface area contributed by atoms with Gasteiger partial charge in [-0.05, 0) is 101 Å². The summed E-state index contributed by atoms with van der Waals surface area (Å²) in [5, 5.41) is 7.21. The summed E-state index contributed by atoms with van der Waals surface area (Å²) >= 11 is 1.85. The van der Waals surface area contributed by atoms with Crippen LogP contribution in [0, 0.1) is 0 Å². The molecule has 64 heavy (non-hydrogen) atoms. The Morgan fingerprint density at radius 1 is 0.375 bits per heavy atom. The van der Waals surface area contributed by atoms with Gasteiger partial charge in [-0.2, -0.15) is 0 Å². The summed E-state index contributed by atoms with van der Waals surface area (Å²) in [6, 6.07) is 83.5. The number of furan rings is 1. The van der Waals surface area contributed by atoms with Crippen molar-refractivity contribution in [1.29, 1.82) is 0 Å². The molecule has 0 spiro atoms. The summed E-state index contributed by atoms with van der Waals surface area (Å²) < 4.78 is 12.0. The number of nitrogens with zero attached hydrogens (tertiary/aromatic N) is 2. The van der Waals surface area contributed by atoms with E-state index in [0.717, 1.165) is 72.5 Å². The third kappa shape index (κ3) is 5.81. The smallest absolute Gasteiger partial charge is 0.145 e. The minimum Gasteiger partial charge on any atom is -0.455 e. The van der Waals surface area contributed by atoms with Gasteiger partial charge in [0.1, 0.15) is 11.2 Å². The van der Waals surface area contributed by atoms with Crippen LogP contribution in [0.4, 0.5) is 17.1 Å². The first kappa shape index (κ1) is 36.5. The highest BCUT2D eigenvalue weighted by Gasteiger charge is 2.26. The van der Waals surface area contributed by atoms with Gasteiger partial charge in [0.15, 0.2) is 0 Å². The Bertz CT molecular complexity index is 3880. The molecule has 0 aliphatic heterocycles. The molecule has 0 aliphatic carbocycles. The van der Waals surface area contributed by atoms with Crippen molar-refractivity contribution in [3.05, 3.63) is 231 Å². The Morgan fingerprint density at radius 3 is 1.88 bits per heavy atom. The lowest BCUT2D eigenvalue weighted by atomic mass is 9.95. The van der Waals surface area contributed by atoms with Gasteiger partial charge in [-0.15, -0.1) is 11.3 Å². The van der Waals surface area contributed by atoms with Crippen molar-refractivity contribution >= 4 is 92.3 Å². The maximum absolute atomic E-state index is 7.03. The molecule has 0 fully saturated rings. The van der Waals surface area contributed by atoms with Crippen LogP contribution < -0.4 is 4.90 Å². The van der Waals surface area contributed by atoms with Crippen LogP contribution in [0.15, 0.2) is 235 Å². The van der Waals surface area contributed by atoms with Gasteiger partial charge in [0.2, 0.25) is 0 Å². The van der Waals surface area contributed by atoms with Gasteiger partial charge in [-0.1, -0.05) is 152 Å². The minimum atomic E-state index is 0.853. The maximum atomic E-state index is 7.03. The van der Waals surface area contributed by atoms with Gasteiger partial charge in [-0.25, -0.2) is 0 Å². The third-order valence-electron chi connectivity index (χ3n) is 12.8. The van der Waals surface area contributed by atoms with E-state index >= 15 is 0 Å². The molecule has 3 heterocycles. The van der Waals surface area contributed by atoms with Crippen LogP contribution in [-0.2, 0) is 0 Å². The van der Waals surface area contributed by atoms with Crippen molar-refractivity contribution in [3.8, 4) is 39.1 Å². The average Bonchev–Trinajstić information content (AvgIpc) is 4.04. The molecule has 13 aromatic rings. The van der Waals surface area contributed by atoms with Crippen molar-refractivity contribution in [3.63, 3.8) is 0 Å². The van der Waals surface area contributed by atoms with E-state index in [0.29, 0.717) is 0 Å². The first-order valence-corrected chi connectivity index (χ1v) is 22.6. The summed E-state index contributed by atoms with van der Waals surface area (Å²) in [6.45, 7) is 0. The van der Waals surface area contributed by atoms with E-state index in [-0.39, 0.29) is 0 Å². The highest BCUT2D eigenvalue weighted by molar-refractivity contribution is 7.25. The van der Waals surface area contributed by atoms with Crippen molar-refractivity contribution in [2.45, 2.75) is 0 Å². The number of hydrogen-bond donors (Lipinski definition) is 0. The zero-order valence-corrected chi connectivity index (χ0v) is 35.5. The van der Waals surface area contributed by atoms with Crippen LogP contribution in [-0.4, -0.2) is 4.57 Å². The second-order valence-corrected chi connectivity index (χ2v) is 17.5. The summed E-state index contributed by atoms with van der Waals surface area (Å²) in [5.74, 6) is 0. The van der Waals surface area contributed by atoms with E-state index in [2.05, 4.69) is 240 Å². The molecule has 0 unspecified atom stereocenters. The number of aromatic nitrogens is 1. The average molecular weight is 835 g/mol. The van der Waals surface area contributed by atoms with Gasteiger partial charge in [0.25, 0.3) is 0 Å². The zero-order chi connectivity index (χ0) is 42.1. The Balaban J connectivity index is 1.10. The lowest BCUT2D eigenvalue weighted by Crippen LogP contribution is -2.13. The van der Waals surface area contributed by atoms with Crippen LogP contribution in [0.2, 0.25) is 0 Å². The van der Waals surface area contributed by atoms with Crippen LogP contribution >= 0.6 is 11.3 Å². The normalized spacial score (nSPS) is 11.8. The summed E-state index contributed by atoms with van der Waals surface area (Å²) in [6.07, 6.45) is 0. The summed E-state index contributed by atoms with van der Waals surface area (Å²) in [4.78, 5) is 2.45. The predicted octanol–water partition coefficient (Wildman–Crippen LogP) is 17.5. The van der Waals surface area contributed by atoms with E-state index in [1.807, 2.05) is 11.3 Å². The number of thiophene rings is 1. The Labute approximate surface area is 373 Å². The van der Waals surface area contributed by atoms with E-state index in [1.54, 1.807) is 0 Å². The molecule has 4 heteroatoms. The molecular weight excluding hydrogens is 797 g/mol. The second kappa shape index (κ2) is 14.7. The Hall–Kier alpha value is -8.18. The van der Waals surface area contributed by atoms with E-state index in [4.69, 9.17) is 4.42 Å². The van der Waals surface area contributed by atoms with Crippen molar-refractivity contribution in [1.82, 2.24) is 4.57 Å². The first-order chi connectivity index (χ1) is 31.7. The minimum absolute atomic E-state index is 0.853. The Kier molecular flexibility index (Phi) is 8.40. The number of rotatable bonds is 7. The lowest BCUT2D eigenvalue weighted by molar-refractivity contribution is 0.670. The van der Waals surface area contributed by atoms with E-state index in [1.165, 1.54) is 47.5 Å². The molecule has 0 atom stereocenters. The molecule has 0 saturated carbocycles. The van der Waals surface area contributed by atoms with Gasteiger partial charge in [-0.3, -0.25) is 0 Å². The van der Waals surface area contributed by atoms with E-state index in [9.17, 15) is 0 Å². The van der Waals surface area contributed by atoms with E-state index < -0.39 is 0 Å². The van der Waals surface area contributed by atoms with Crippen molar-refractivity contribution in [2.24, 2.45) is 0 Å². The Morgan fingerprint density at radius 2 is 1.03 bits per heavy atom. The molecule has 10 aromatic carbocycles. The molecule has 3 aromatic heterocycles. The van der Waals surface area contributed by atoms with Crippen LogP contribution in [0.5, 0.6) is 0 Å². The number of para-hydroxylation sites is 4. The lowest BCUT2D eigenvalue weighted by Gasteiger charge is -2.30. The van der Waals surface area contributed by atoms with Gasteiger partial charge in [0.05, 0.1) is 22.4 Å². The standard InChI is InChI=1S/C60H38N2OS/c1-2-16-39(17-3-1)40-18-14-20-43(36-40)62(52-27-9-4-22-45(52)41-32-35-58-51(38-41)49-26-8-13-31-57(49)64-58)55-34-33-50-48-25-7-12-30-56(48)63-60(50)59(55)42-19-15-21-44(37-42)61-53-28-10-5-23-46(53)47-24-6-11-29-54(47)61/h1-38H. The topological polar surface area (TPSA) is 21.3 Å². The molecular formula is C60H38N2OS. The van der Waals surface area contributed by atoms with Crippen LogP contribution in [0.25, 0.3) is 103 Å². The largest absolute Gasteiger partial charge is 0.455 e. The number of anilines is 3. The highest BCUT2D eigenvalue weighted by Crippen LogP contribution is 2.50. The SMILES string of the molecule is c1ccc(-c2cccc(N(c3ccccc3-c3ccc4sc5ccccc5c4c3)c3ccc4c(oc5ccccc54)c3-c3cccc(-n4c5ccccc5c5ccccc54)c3)c2)cc1. The number of benzene rings is 10. The summed E-state index contributed by atoms with van der Waals surface area (Å²) in [5.41, 5.74) is 15.0. The third-order valence-corrected chi connectivity index (χ3v) is 13.9. The van der Waals surface area contributed by atoms with Crippen LogP contribution in [0.1, 0.15) is 0 Å². The molecule has 0 radical (unpaired) electrons. The molecule has 0 amide bonds. The molecule has 3 nitrogen and oxygen atoms in total.